The maximum absolute atomic E-state index is 12.9. The van der Waals surface area contributed by atoms with E-state index in [0.29, 0.717) is 16.9 Å². The molecule has 2 aromatic carbocycles. The zero-order chi connectivity index (χ0) is 14.1. The highest BCUT2D eigenvalue weighted by atomic mass is 19.1. The Balaban J connectivity index is 2.12. The number of halogens is 1. The molecule has 3 N–H and O–H groups in total. The first-order valence-electron chi connectivity index (χ1n) is 5.95. The third-order valence-electron chi connectivity index (χ3n) is 2.96. The summed E-state index contributed by atoms with van der Waals surface area (Å²) in [7, 11) is 0. The largest absolute Gasteiger partial charge is 0.397 e. The van der Waals surface area contributed by atoms with Crippen LogP contribution in [-0.4, -0.2) is 15.0 Å². The van der Waals surface area contributed by atoms with Crippen molar-refractivity contribution in [1.29, 1.82) is 0 Å². The quantitative estimate of drug-likeness (QED) is 0.699. The molecule has 20 heavy (non-hydrogen) atoms. The summed E-state index contributed by atoms with van der Waals surface area (Å²) in [6.07, 6.45) is 0. The Labute approximate surface area is 113 Å². The minimum atomic E-state index is -0.364. The third kappa shape index (κ3) is 1.97. The fourth-order valence-electron chi connectivity index (χ4n) is 1.95. The Hall–Kier alpha value is -2.89. The number of hydrogen-bond acceptors (Lipinski definition) is 3. The normalized spacial score (nSPS) is 10.7. The highest BCUT2D eigenvalue weighted by molar-refractivity contribution is 5.61. The summed E-state index contributed by atoms with van der Waals surface area (Å²) in [6.45, 7) is 0. The molecule has 6 heteroatoms. The van der Waals surface area contributed by atoms with Crippen molar-refractivity contribution >= 4 is 5.69 Å². The van der Waals surface area contributed by atoms with Gasteiger partial charge in [0.15, 0.2) is 5.69 Å². The number of benzene rings is 2. The first-order valence-corrected chi connectivity index (χ1v) is 5.95. The molecule has 0 aliphatic carbocycles. The van der Waals surface area contributed by atoms with Gasteiger partial charge >= 0.3 is 0 Å². The predicted molar refractivity (Wildman–Crippen MR) is 74.0 cm³/mol. The fourth-order valence-corrected chi connectivity index (χ4v) is 1.95. The lowest BCUT2D eigenvalue weighted by molar-refractivity contribution is 0.628. The maximum Gasteiger partial charge on any atom is 0.299 e. The molecule has 0 aliphatic heterocycles. The highest BCUT2D eigenvalue weighted by Gasteiger charge is 2.13. The molecule has 1 aromatic heterocycles. The number of nitrogen functional groups attached to an aromatic ring is 1. The second-order valence-corrected chi connectivity index (χ2v) is 4.27. The number of anilines is 1. The van der Waals surface area contributed by atoms with Crippen molar-refractivity contribution in [1.82, 2.24) is 15.0 Å². The lowest BCUT2D eigenvalue weighted by Gasteiger charge is -2.03. The minimum Gasteiger partial charge on any atom is -0.397 e. The molecule has 5 nitrogen and oxygen atoms in total. The monoisotopic (exact) mass is 270 g/mol. The van der Waals surface area contributed by atoms with Gasteiger partial charge in [-0.2, -0.15) is 9.78 Å². The van der Waals surface area contributed by atoms with Gasteiger partial charge in [0.2, 0.25) is 0 Å². The van der Waals surface area contributed by atoms with Crippen molar-refractivity contribution in [3.8, 4) is 16.9 Å². The number of para-hydroxylation sites is 2. The first-order chi connectivity index (χ1) is 9.66. The molecule has 0 radical (unpaired) electrons. The van der Waals surface area contributed by atoms with E-state index in [1.54, 1.807) is 24.3 Å². The Morgan fingerprint density at radius 1 is 1.10 bits per heavy atom. The molecular weight excluding hydrogens is 259 g/mol. The van der Waals surface area contributed by atoms with Crippen LogP contribution in [0, 0.1) is 5.82 Å². The SMILES string of the molecule is Nc1ccccc1-n1[nH]nc(-c2ccc(F)cc2)c1=O. The topological polar surface area (TPSA) is 76.7 Å². The lowest BCUT2D eigenvalue weighted by atomic mass is 10.1. The number of nitrogens with zero attached hydrogens (tertiary/aromatic N) is 2. The first kappa shape index (κ1) is 12.2. The van der Waals surface area contributed by atoms with Gasteiger partial charge in [-0.1, -0.05) is 12.1 Å². The standard InChI is InChI=1S/C14H11FN4O/c15-10-7-5-9(6-8-10)13-14(20)19(18-17-13)12-4-2-1-3-11(12)16/h1-8,18H,16H2. The second-order valence-electron chi connectivity index (χ2n) is 4.27. The average Bonchev–Trinajstić information content (AvgIpc) is 2.82. The molecular formula is C14H11FN4O. The number of rotatable bonds is 2. The van der Waals surface area contributed by atoms with E-state index in [0.717, 1.165) is 0 Å². The predicted octanol–water partition coefficient (Wildman–Crippen LogP) is 1.95. The van der Waals surface area contributed by atoms with Crippen LogP contribution in [0.5, 0.6) is 0 Å². The molecule has 0 aliphatic rings. The summed E-state index contributed by atoms with van der Waals surface area (Å²) in [5, 5.41) is 6.61. The summed E-state index contributed by atoms with van der Waals surface area (Å²) in [5.74, 6) is -0.364. The molecule has 3 aromatic rings. The van der Waals surface area contributed by atoms with Crippen molar-refractivity contribution in [3.05, 3.63) is 64.7 Å². The Morgan fingerprint density at radius 2 is 1.80 bits per heavy atom. The Morgan fingerprint density at radius 3 is 2.50 bits per heavy atom. The van der Waals surface area contributed by atoms with Crippen LogP contribution in [-0.2, 0) is 0 Å². The molecule has 0 bridgehead atoms. The van der Waals surface area contributed by atoms with E-state index in [2.05, 4.69) is 10.3 Å². The average molecular weight is 270 g/mol. The summed E-state index contributed by atoms with van der Waals surface area (Å²) in [5.41, 5.74) is 7.24. The minimum absolute atomic E-state index is 0.216. The number of nitrogens with one attached hydrogen (secondary N) is 1. The molecule has 0 atom stereocenters. The van der Waals surface area contributed by atoms with Crippen LogP contribution in [0.2, 0.25) is 0 Å². The van der Waals surface area contributed by atoms with Gasteiger partial charge in [0.1, 0.15) is 5.82 Å². The summed E-state index contributed by atoms with van der Waals surface area (Å²) >= 11 is 0. The van der Waals surface area contributed by atoms with Crippen LogP contribution in [0.4, 0.5) is 10.1 Å². The molecule has 3 rings (SSSR count). The van der Waals surface area contributed by atoms with E-state index < -0.39 is 0 Å². The van der Waals surface area contributed by atoms with Gasteiger partial charge in [0.05, 0.1) is 11.4 Å². The molecule has 1 heterocycles. The lowest BCUT2D eigenvalue weighted by Crippen LogP contribution is -2.17. The van der Waals surface area contributed by atoms with Crippen LogP contribution < -0.4 is 11.3 Å². The van der Waals surface area contributed by atoms with E-state index >= 15 is 0 Å². The number of hydrogen-bond donors (Lipinski definition) is 2. The van der Waals surface area contributed by atoms with E-state index in [1.165, 1.54) is 28.9 Å². The third-order valence-corrected chi connectivity index (χ3v) is 2.96. The van der Waals surface area contributed by atoms with E-state index in [1.807, 2.05) is 0 Å². The molecule has 0 saturated carbocycles. The zero-order valence-corrected chi connectivity index (χ0v) is 10.4. The van der Waals surface area contributed by atoms with Crippen LogP contribution in [0.25, 0.3) is 16.9 Å². The Bertz CT molecular complexity index is 805. The molecule has 0 fully saturated rings. The van der Waals surface area contributed by atoms with E-state index in [9.17, 15) is 9.18 Å². The van der Waals surface area contributed by atoms with Crippen molar-refractivity contribution in [3.63, 3.8) is 0 Å². The van der Waals surface area contributed by atoms with Crippen LogP contribution >= 0.6 is 0 Å². The number of aromatic nitrogens is 3. The maximum atomic E-state index is 12.9. The highest BCUT2D eigenvalue weighted by Crippen LogP contribution is 2.16. The fraction of sp³-hybridized carbons (Fsp3) is 0. The molecule has 0 amide bonds. The van der Waals surface area contributed by atoms with Crippen molar-refractivity contribution in [2.75, 3.05) is 5.73 Å². The van der Waals surface area contributed by atoms with Crippen molar-refractivity contribution in [2.24, 2.45) is 0 Å². The van der Waals surface area contributed by atoms with Crippen LogP contribution in [0.3, 0.4) is 0 Å². The van der Waals surface area contributed by atoms with Gasteiger partial charge in [0, 0.05) is 5.56 Å². The number of H-pyrrole nitrogens is 1. The van der Waals surface area contributed by atoms with E-state index in [4.69, 9.17) is 5.73 Å². The summed E-state index contributed by atoms with van der Waals surface area (Å²) < 4.78 is 14.2. The summed E-state index contributed by atoms with van der Waals surface area (Å²) in [6, 6.07) is 12.5. The second kappa shape index (κ2) is 4.65. The van der Waals surface area contributed by atoms with Gasteiger partial charge in [-0.25, -0.2) is 9.60 Å². The molecule has 100 valence electrons. The number of nitrogens with two attached hydrogens (primary N) is 1. The zero-order valence-electron chi connectivity index (χ0n) is 10.4. The van der Waals surface area contributed by atoms with Gasteiger partial charge in [-0.15, -0.1) is 0 Å². The van der Waals surface area contributed by atoms with Crippen LogP contribution in [0.1, 0.15) is 0 Å². The van der Waals surface area contributed by atoms with Gasteiger partial charge in [-0.3, -0.25) is 4.79 Å². The van der Waals surface area contributed by atoms with Crippen molar-refractivity contribution in [2.45, 2.75) is 0 Å². The molecule has 0 unspecified atom stereocenters. The Kier molecular flexibility index (Phi) is 2.83. The van der Waals surface area contributed by atoms with Crippen LogP contribution in [0.15, 0.2) is 53.3 Å². The van der Waals surface area contributed by atoms with E-state index in [-0.39, 0.29) is 17.1 Å². The summed E-state index contributed by atoms with van der Waals surface area (Å²) in [4.78, 5) is 12.3. The van der Waals surface area contributed by atoms with Gasteiger partial charge < -0.3 is 5.73 Å². The van der Waals surface area contributed by atoms with Gasteiger partial charge in [-0.05, 0) is 36.4 Å². The molecule has 0 spiro atoms. The smallest absolute Gasteiger partial charge is 0.299 e. The van der Waals surface area contributed by atoms with Crippen molar-refractivity contribution < 1.29 is 4.39 Å². The molecule has 0 saturated heterocycles. The number of aromatic amines is 1. The van der Waals surface area contributed by atoms with Gasteiger partial charge in [0.25, 0.3) is 5.56 Å².